The minimum Gasteiger partial charge on any atom is -0.503 e. The lowest BCUT2D eigenvalue weighted by molar-refractivity contribution is -0.147. The van der Waals surface area contributed by atoms with Gasteiger partial charge < -0.3 is 25.4 Å². The summed E-state index contributed by atoms with van der Waals surface area (Å²) in [5.74, 6) is -4.54. The molecule has 3 heterocycles. The Labute approximate surface area is 238 Å². The lowest BCUT2D eigenvalue weighted by atomic mass is 9.76. The molecule has 0 bridgehead atoms. The van der Waals surface area contributed by atoms with E-state index in [1.807, 2.05) is 22.0 Å². The second-order valence-corrected chi connectivity index (χ2v) is 13.2. The molecule has 0 radical (unpaired) electrons. The highest BCUT2D eigenvalue weighted by Crippen LogP contribution is 2.65. The van der Waals surface area contributed by atoms with Crippen LogP contribution in [0.25, 0.3) is 0 Å². The molecule has 4 N–H and O–H groups in total. The summed E-state index contributed by atoms with van der Waals surface area (Å²) in [4.78, 5) is 16.0. The first-order valence-electron chi connectivity index (χ1n) is 15.1. The number of aliphatic hydroxyl groups excluding tert-OH is 1. The van der Waals surface area contributed by atoms with Crippen LogP contribution >= 0.6 is 0 Å². The van der Waals surface area contributed by atoms with E-state index in [4.69, 9.17) is 0 Å². The van der Waals surface area contributed by atoms with Crippen LogP contribution in [0.5, 0.6) is 5.75 Å². The molecular weight excluding hydrogens is 533 g/mol. The largest absolute Gasteiger partial charge is 0.503 e. The molecular formula is C31H39F3N4O3. The van der Waals surface area contributed by atoms with E-state index in [9.17, 15) is 23.8 Å². The predicted molar refractivity (Wildman–Crippen MR) is 148 cm³/mol. The molecule has 222 valence electrons. The van der Waals surface area contributed by atoms with Crippen LogP contribution in [0.2, 0.25) is 0 Å². The van der Waals surface area contributed by atoms with Crippen LogP contribution in [0.15, 0.2) is 36.9 Å². The Morgan fingerprint density at radius 1 is 1.22 bits per heavy atom. The first-order chi connectivity index (χ1) is 19.6. The Balaban J connectivity index is 1.16. The number of phenolic OH excluding ortho intramolecular Hbond substituents is 1. The summed E-state index contributed by atoms with van der Waals surface area (Å²) in [6, 6.07) is 2.12. The Hall–Kier alpha value is -2.56. The first kappa shape index (κ1) is 27.3. The minimum absolute atomic E-state index is 0.0133. The number of hydrogen-bond acceptors (Lipinski definition) is 6. The molecule has 0 aromatic heterocycles. The Bertz CT molecular complexity index is 1290. The zero-order valence-electron chi connectivity index (χ0n) is 23.2. The van der Waals surface area contributed by atoms with Crippen LogP contribution < -0.4 is 15.8 Å². The topological polar surface area (TPSA) is 88.1 Å². The number of likely N-dealkylation sites (tertiary alicyclic amines) is 1. The zero-order chi connectivity index (χ0) is 28.8. The van der Waals surface area contributed by atoms with E-state index in [1.54, 1.807) is 0 Å². The van der Waals surface area contributed by atoms with Crippen molar-refractivity contribution in [3.05, 3.63) is 48.3 Å². The van der Waals surface area contributed by atoms with Gasteiger partial charge >= 0.3 is 0 Å². The van der Waals surface area contributed by atoms with Crippen LogP contribution in [0.4, 0.5) is 18.9 Å². The number of piperidine rings is 2. The third-order valence-electron chi connectivity index (χ3n) is 11.2. The Kier molecular flexibility index (Phi) is 6.30. The number of amides is 1. The summed E-state index contributed by atoms with van der Waals surface area (Å²) in [6.45, 7) is 8.07. The third-order valence-corrected chi connectivity index (χ3v) is 11.2. The molecule has 1 aromatic carbocycles. The SMILES string of the molecule is C=CC(F)(F)C1NCC(C(=O)N2CCC3C4C(CCC(=C)[C@@H]5CC452)NN3c2ccc(C3CCC3)c(F)c2O)CC1O. The second-order valence-electron chi connectivity index (χ2n) is 13.2. The summed E-state index contributed by atoms with van der Waals surface area (Å²) in [6.07, 6.45) is 5.10. The number of hydrogen-bond donors (Lipinski definition) is 4. The van der Waals surface area contributed by atoms with E-state index in [0.29, 0.717) is 30.3 Å². The Morgan fingerprint density at radius 3 is 2.68 bits per heavy atom. The van der Waals surface area contributed by atoms with Gasteiger partial charge in [0.1, 0.15) is 6.04 Å². The molecule has 6 fully saturated rings. The number of halogens is 3. The summed E-state index contributed by atoms with van der Waals surface area (Å²) in [5.41, 5.74) is 5.27. The summed E-state index contributed by atoms with van der Waals surface area (Å²) >= 11 is 0. The van der Waals surface area contributed by atoms with Gasteiger partial charge in [-0.15, -0.1) is 0 Å². The van der Waals surface area contributed by atoms with Crippen LogP contribution in [-0.4, -0.2) is 69.8 Å². The molecule has 3 aliphatic heterocycles. The van der Waals surface area contributed by atoms with E-state index in [1.165, 1.54) is 0 Å². The maximum atomic E-state index is 15.4. The first-order valence-corrected chi connectivity index (χ1v) is 15.1. The number of rotatable bonds is 5. The maximum Gasteiger partial charge on any atom is 0.283 e. The minimum atomic E-state index is -3.28. The van der Waals surface area contributed by atoms with Crippen molar-refractivity contribution in [3.8, 4) is 5.75 Å². The van der Waals surface area contributed by atoms with Gasteiger partial charge in [0.2, 0.25) is 5.91 Å². The quantitative estimate of drug-likeness (QED) is 0.400. The van der Waals surface area contributed by atoms with E-state index < -0.39 is 35.3 Å². The number of anilines is 1. The summed E-state index contributed by atoms with van der Waals surface area (Å²) < 4.78 is 43.9. The van der Waals surface area contributed by atoms with E-state index in [-0.39, 0.29) is 54.5 Å². The molecule has 3 saturated heterocycles. The van der Waals surface area contributed by atoms with Gasteiger partial charge in [0.15, 0.2) is 11.6 Å². The van der Waals surface area contributed by atoms with Crippen molar-refractivity contribution in [1.82, 2.24) is 15.6 Å². The number of carbonyl (C=O) groups is 1. The molecule has 7 rings (SSSR count). The van der Waals surface area contributed by atoms with Crippen LogP contribution in [0.1, 0.15) is 62.8 Å². The number of nitrogens with one attached hydrogen (secondary N) is 2. The van der Waals surface area contributed by atoms with Crippen molar-refractivity contribution in [2.24, 2.45) is 17.8 Å². The average molecular weight is 573 g/mol. The fourth-order valence-corrected chi connectivity index (χ4v) is 8.82. The van der Waals surface area contributed by atoms with Crippen LogP contribution in [0.3, 0.4) is 0 Å². The van der Waals surface area contributed by atoms with E-state index >= 15 is 4.39 Å². The van der Waals surface area contributed by atoms with E-state index in [0.717, 1.165) is 44.1 Å². The highest BCUT2D eigenvalue weighted by atomic mass is 19.3. The monoisotopic (exact) mass is 572 g/mol. The predicted octanol–water partition coefficient (Wildman–Crippen LogP) is 3.98. The molecule has 3 saturated carbocycles. The number of carbonyl (C=O) groups excluding carboxylic acids is 1. The van der Waals surface area contributed by atoms with Crippen molar-refractivity contribution in [2.45, 2.75) is 93.0 Å². The van der Waals surface area contributed by atoms with Gasteiger partial charge in [0.25, 0.3) is 5.92 Å². The van der Waals surface area contributed by atoms with Crippen molar-refractivity contribution >= 4 is 11.6 Å². The van der Waals surface area contributed by atoms with Crippen molar-refractivity contribution in [2.75, 3.05) is 18.1 Å². The molecule has 3 aliphatic carbocycles. The number of hydrazine groups is 1. The lowest BCUT2D eigenvalue weighted by Gasteiger charge is -2.48. The number of aliphatic hydroxyl groups is 1. The van der Waals surface area contributed by atoms with Crippen molar-refractivity contribution in [3.63, 3.8) is 0 Å². The molecule has 10 heteroatoms. The zero-order valence-corrected chi connectivity index (χ0v) is 23.2. The van der Waals surface area contributed by atoms with Gasteiger partial charge in [-0.1, -0.05) is 31.2 Å². The number of benzene rings is 1. The highest BCUT2D eigenvalue weighted by Gasteiger charge is 2.72. The number of alkyl halides is 2. The standard InChI is InChI=1S/C31H39F3N4O3/c1-3-31(33,34)28-24(39)13-18(15-35-28)29(41)37-12-11-22-25-21(9-7-16(2)20-14-30(20,25)37)36-38(22)23-10-8-19(17-5-4-6-17)26(32)27(23)40/h3,8,10,17-18,20-22,24-25,28,35-36,39-40H,1-2,4-7,9,11-15H2/t18?,20-,21?,22?,24?,25?,28?,30?/m0/s1. The molecule has 8 atom stereocenters. The van der Waals surface area contributed by atoms with Gasteiger partial charge in [0, 0.05) is 31.0 Å². The molecule has 41 heavy (non-hydrogen) atoms. The van der Waals surface area contributed by atoms with Crippen molar-refractivity contribution < 1.29 is 28.2 Å². The molecule has 1 spiro atoms. The molecule has 7 unspecified atom stereocenters. The summed E-state index contributed by atoms with van der Waals surface area (Å²) in [5, 5.41) is 26.3. The molecule has 6 aliphatic rings. The smallest absolute Gasteiger partial charge is 0.283 e. The number of phenols is 1. The number of aromatic hydroxyl groups is 1. The highest BCUT2D eigenvalue weighted by molar-refractivity contribution is 5.81. The normalized spacial score (nSPS) is 38.5. The Morgan fingerprint density at radius 2 is 2.00 bits per heavy atom. The van der Waals surface area contributed by atoms with E-state index in [2.05, 4.69) is 23.9 Å². The number of nitrogens with zero attached hydrogens (tertiary/aromatic N) is 2. The molecule has 1 aromatic rings. The van der Waals surface area contributed by atoms with Gasteiger partial charge in [-0.2, -0.15) is 0 Å². The second kappa shape index (κ2) is 9.47. The summed E-state index contributed by atoms with van der Waals surface area (Å²) in [7, 11) is 0. The van der Waals surface area contributed by atoms with Crippen LogP contribution in [0, 0.1) is 23.6 Å². The fraction of sp³-hybridized carbons (Fsp3) is 0.645. The lowest BCUT2D eigenvalue weighted by Crippen LogP contribution is -2.63. The van der Waals surface area contributed by atoms with Crippen LogP contribution in [-0.2, 0) is 4.79 Å². The van der Waals surface area contributed by atoms with Gasteiger partial charge in [-0.3, -0.25) is 4.79 Å². The molecule has 1 amide bonds. The van der Waals surface area contributed by atoms with Gasteiger partial charge in [-0.05, 0) is 68.6 Å². The van der Waals surface area contributed by atoms with Gasteiger partial charge in [0.05, 0.1) is 29.3 Å². The molecule has 7 nitrogen and oxygen atoms in total. The third kappa shape index (κ3) is 3.93. The average Bonchev–Trinajstić information content (AvgIpc) is 3.55. The van der Waals surface area contributed by atoms with Crippen molar-refractivity contribution in [1.29, 1.82) is 0 Å². The maximum absolute atomic E-state index is 15.4. The van der Waals surface area contributed by atoms with Gasteiger partial charge in [-0.25, -0.2) is 18.6 Å². The fourth-order valence-electron chi connectivity index (χ4n) is 8.82.